The molecule has 0 aromatic heterocycles. The molecule has 5 heteroatoms. The quantitative estimate of drug-likeness (QED) is 0.772. The van der Waals surface area contributed by atoms with Crippen LogP contribution in [0.15, 0.2) is 18.2 Å². The number of anilines is 1. The van der Waals surface area contributed by atoms with Crippen LogP contribution in [0.5, 0.6) is 0 Å². The fourth-order valence-corrected chi connectivity index (χ4v) is 2.42. The maximum Gasteiger partial charge on any atom is 0.237 e. The van der Waals surface area contributed by atoms with E-state index in [4.69, 9.17) is 5.73 Å². The molecule has 1 aromatic carbocycles. The summed E-state index contributed by atoms with van der Waals surface area (Å²) in [5.74, 6) is 0.0308. The molecular formula is C16H23N3O2. The monoisotopic (exact) mass is 289 g/mol. The normalized spacial score (nSPS) is 17.6. The second-order valence-electron chi connectivity index (χ2n) is 5.78. The summed E-state index contributed by atoms with van der Waals surface area (Å²) in [7, 11) is 0. The fraction of sp³-hybridized carbons (Fsp3) is 0.500. The highest BCUT2D eigenvalue weighted by atomic mass is 16.2. The SMILES string of the molecule is CCC(C)C(N)C(=O)NC(C)c1ccc2c(c1)CC(=O)N2. The lowest BCUT2D eigenvalue weighted by atomic mass is 9.98. The van der Waals surface area contributed by atoms with Crippen LogP contribution in [0, 0.1) is 5.92 Å². The van der Waals surface area contributed by atoms with Gasteiger partial charge < -0.3 is 16.4 Å². The number of hydrogen-bond acceptors (Lipinski definition) is 3. The minimum absolute atomic E-state index is 0.0117. The van der Waals surface area contributed by atoms with Gasteiger partial charge in [-0.15, -0.1) is 0 Å². The van der Waals surface area contributed by atoms with Gasteiger partial charge in [-0.1, -0.05) is 32.4 Å². The minimum Gasteiger partial charge on any atom is -0.348 e. The number of rotatable bonds is 5. The topological polar surface area (TPSA) is 84.2 Å². The first-order valence-corrected chi connectivity index (χ1v) is 7.41. The summed E-state index contributed by atoms with van der Waals surface area (Å²) >= 11 is 0. The average Bonchev–Trinajstić information content (AvgIpc) is 2.84. The summed E-state index contributed by atoms with van der Waals surface area (Å²) in [6, 6.07) is 5.15. The van der Waals surface area contributed by atoms with E-state index in [-0.39, 0.29) is 23.8 Å². The Labute approximate surface area is 125 Å². The fourth-order valence-electron chi connectivity index (χ4n) is 2.42. The summed E-state index contributed by atoms with van der Waals surface area (Å²) in [6.07, 6.45) is 1.27. The predicted octanol–water partition coefficient (Wildman–Crippen LogP) is 1.73. The third kappa shape index (κ3) is 3.42. The Hall–Kier alpha value is -1.88. The zero-order valence-electron chi connectivity index (χ0n) is 12.8. The van der Waals surface area contributed by atoms with Crippen LogP contribution in [0.4, 0.5) is 5.69 Å². The summed E-state index contributed by atoms with van der Waals surface area (Å²) < 4.78 is 0. The van der Waals surface area contributed by atoms with Crippen molar-refractivity contribution in [1.29, 1.82) is 0 Å². The molecule has 5 nitrogen and oxygen atoms in total. The largest absolute Gasteiger partial charge is 0.348 e. The lowest BCUT2D eigenvalue weighted by Gasteiger charge is -2.21. The first-order valence-electron chi connectivity index (χ1n) is 7.41. The van der Waals surface area contributed by atoms with E-state index in [2.05, 4.69) is 10.6 Å². The van der Waals surface area contributed by atoms with Gasteiger partial charge in [0.2, 0.25) is 11.8 Å². The van der Waals surface area contributed by atoms with Crippen LogP contribution < -0.4 is 16.4 Å². The molecule has 1 aliphatic heterocycles. The number of carbonyl (C=O) groups is 2. The number of nitrogens with one attached hydrogen (secondary N) is 2. The summed E-state index contributed by atoms with van der Waals surface area (Å²) in [6.45, 7) is 5.92. The van der Waals surface area contributed by atoms with Gasteiger partial charge in [0.05, 0.1) is 18.5 Å². The van der Waals surface area contributed by atoms with Crippen molar-refractivity contribution in [1.82, 2.24) is 5.32 Å². The molecule has 1 aliphatic rings. The molecule has 2 rings (SSSR count). The lowest BCUT2D eigenvalue weighted by molar-refractivity contribution is -0.124. The van der Waals surface area contributed by atoms with Crippen molar-refractivity contribution in [3.05, 3.63) is 29.3 Å². The van der Waals surface area contributed by atoms with E-state index >= 15 is 0 Å². The first-order chi connectivity index (χ1) is 9.92. The summed E-state index contributed by atoms with van der Waals surface area (Å²) in [4.78, 5) is 23.5. The number of carbonyl (C=O) groups excluding carboxylic acids is 2. The molecule has 3 atom stereocenters. The van der Waals surface area contributed by atoms with Gasteiger partial charge in [-0.3, -0.25) is 9.59 Å². The molecular weight excluding hydrogens is 266 g/mol. The van der Waals surface area contributed by atoms with Crippen LogP contribution in [0.2, 0.25) is 0 Å². The van der Waals surface area contributed by atoms with E-state index in [9.17, 15) is 9.59 Å². The van der Waals surface area contributed by atoms with E-state index in [1.807, 2.05) is 39.0 Å². The molecule has 0 bridgehead atoms. The zero-order chi connectivity index (χ0) is 15.6. The van der Waals surface area contributed by atoms with Crippen molar-refractivity contribution in [3.63, 3.8) is 0 Å². The Bertz CT molecular complexity index is 556. The van der Waals surface area contributed by atoms with Crippen molar-refractivity contribution >= 4 is 17.5 Å². The van der Waals surface area contributed by atoms with Crippen molar-refractivity contribution in [2.24, 2.45) is 11.7 Å². The van der Waals surface area contributed by atoms with Crippen LogP contribution in [-0.2, 0) is 16.0 Å². The van der Waals surface area contributed by atoms with Gasteiger partial charge in [0.25, 0.3) is 0 Å². The molecule has 0 fully saturated rings. The zero-order valence-corrected chi connectivity index (χ0v) is 12.8. The van der Waals surface area contributed by atoms with E-state index < -0.39 is 6.04 Å². The van der Waals surface area contributed by atoms with Crippen molar-refractivity contribution in [3.8, 4) is 0 Å². The number of fused-ring (bicyclic) bond motifs is 1. The van der Waals surface area contributed by atoms with Crippen molar-refractivity contribution in [2.45, 2.75) is 45.7 Å². The Morgan fingerprint density at radius 2 is 2.14 bits per heavy atom. The van der Waals surface area contributed by atoms with Crippen LogP contribution in [0.3, 0.4) is 0 Å². The third-order valence-electron chi connectivity index (χ3n) is 4.17. The highest BCUT2D eigenvalue weighted by Crippen LogP contribution is 2.26. The molecule has 114 valence electrons. The molecule has 1 aromatic rings. The summed E-state index contributed by atoms with van der Waals surface area (Å²) in [5.41, 5.74) is 8.76. The molecule has 0 saturated carbocycles. The van der Waals surface area contributed by atoms with Gasteiger partial charge in [0, 0.05) is 5.69 Å². The Kier molecular flexibility index (Phi) is 4.63. The Balaban J connectivity index is 2.04. The molecule has 0 saturated heterocycles. The minimum atomic E-state index is -0.491. The van der Waals surface area contributed by atoms with E-state index in [1.165, 1.54) is 0 Å². The second kappa shape index (κ2) is 6.26. The molecule has 0 spiro atoms. The molecule has 1 heterocycles. The van der Waals surface area contributed by atoms with Gasteiger partial charge in [-0.05, 0) is 30.0 Å². The van der Waals surface area contributed by atoms with Gasteiger partial charge >= 0.3 is 0 Å². The standard InChI is InChI=1S/C16H23N3O2/c1-4-9(2)15(17)16(21)18-10(3)11-5-6-13-12(7-11)8-14(20)19-13/h5-7,9-10,15H,4,8,17H2,1-3H3,(H,18,21)(H,19,20). The van der Waals surface area contributed by atoms with Gasteiger partial charge in [0.15, 0.2) is 0 Å². The Morgan fingerprint density at radius 1 is 1.43 bits per heavy atom. The van der Waals surface area contributed by atoms with Crippen molar-refractivity contribution < 1.29 is 9.59 Å². The van der Waals surface area contributed by atoms with Crippen molar-refractivity contribution in [2.75, 3.05) is 5.32 Å². The van der Waals surface area contributed by atoms with Gasteiger partial charge in [-0.25, -0.2) is 0 Å². The second-order valence-corrected chi connectivity index (χ2v) is 5.78. The number of nitrogens with two attached hydrogens (primary N) is 1. The molecule has 3 unspecified atom stereocenters. The van der Waals surface area contributed by atoms with E-state index in [0.717, 1.165) is 23.2 Å². The summed E-state index contributed by atoms with van der Waals surface area (Å²) in [5, 5.41) is 5.74. The highest BCUT2D eigenvalue weighted by molar-refractivity contribution is 5.99. The number of amides is 2. The van der Waals surface area contributed by atoms with Gasteiger partial charge in [-0.2, -0.15) is 0 Å². The number of hydrogen-bond donors (Lipinski definition) is 3. The Morgan fingerprint density at radius 3 is 2.81 bits per heavy atom. The van der Waals surface area contributed by atoms with E-state index in [1.54, 1.807) is 0 Å². The van der Waals surface area contributed by atoms with Crippen LogP contribution >= 0.6 is 0 Å². The van der Waals surface area contributed by atoms with Crippen LogP contribution in [-0.4, -0.2) is 17.9 Å². The number of benzene rings is 1. The van der Waals surface area contributed by atoms with E-state index in [0.29, 0.717) is 6.42 Å². The lowest BCUT2D eigenvalue weighted by Crippen LogP contribution is -2.45. The molecule has 0 radical (unpaired) electrons. The van der Waals surface area contributed by atoms with Crippen LogP contribution in [0.25, 0.3) is 0 Å². The molecule has 0 aliphatic carbocycles. The molecule has 21 heavy (non-hydrogen) atoms. The molecule has 2 amide bonds. The highest BCUT2D eigenvalue weighted by Gasteiger charge is 2.23. The third-order valence-corrected chi connectivity index (χ3v) is 4.17. The van der Waals surface area contributed by atoms with Gasteiger partial charge in [0.1, 0.15) is 0 Å². The first kappa shape index (κ1) is 15.5. The smallest absolute Gasteiger partial charge is 0.237 e. The maximum atomic E-state index is 12.1. The predicted molar refractivity (Wildman–Crippen MR) is 82.8 cm³/mol. The van der Waals surface area contributed by atoms with Crippen LogP contribution in [0.1, 0.15) is 44.4 Å². The maximum absolute atomic E-state index is 12.1. The average molecular weight is 289 g/mol. The molecule has 4 N–H and O–H groups in total.